The molecule has 1 aromatic rings. The van der Waals surface area contributed by atoms with Crippen molar-refractivity contribution in [3.63, 3.8) is 0 Å². The first-order valence-electron chi connectivity index (χ1n) is 10.6. The highest BCUT2D eigenvalue weighted by atomic mass is 16.5. The van der Waals surface area contributed by atoms with Gasteiger partial charge in [-0.3, -0.25) is 4.99 Å². The van der Waals surface area contributed by atoms with Crippen LogP contribution in [0.2, 0.25) is 0 Å². The molecule has 1 heterocycles. The lowest BCUT2D eigenvalue weighted by molar-refractivity contribution is 0.123. The highest BCUT2D eigenvalue weighted by Crippen LogP contribution is 2.28. The van der Waals surface area contributed by atoms with Crippen LogP contribution in [0.4, 0.5) is 0 Å². The summed E-state index contributed by atoms with van der Waals surface area (Å²) in [7, 11) is 1.80. The zero-order chi connectivity index (χ0) is 19.6. The van der Waals surface area contributed by atoms with Gasteiger partial charge in [-0.1, -0.05) is 12.1 Å². The van der Waals surface area contributed by atoms with Crippen LogP contribution in [-0.2, 0) is 16.0 Å². The number of aryl methyl sites for hydroxylation is 1. The first-order valence-corrected chi connectivity index (χ1v) is 10.6. The Hall–Kier alpha value is -1.79. The fourth-order valence-electron chi connectivity index (χ4n) is 3.18. The van der Waals surface area contributed by atoms with Crippen molar-refractivity contribution in [1.29, 1.82) is 0 Å². The maximum atomic E-state index is 6.12. The van der Waals surface area contributed by atoms with Gasteiger partial charge in [-0.15, -0.1) is 0 Å². The second kappa shape index (κ2) is 11.3. The van der Waals surface area contributed by atoms with E-state index in [4.69, 9.17) is 14.2 Å². The summed E-state index contributed by atoms with van der Waals surface area (Å²) in [5, 5.41) is 6.74. The van der Waals surface area contributed by atoms with Gasteiger partial charge in [0.15, 0.2) is 5.96 Å². The smallest absolute Gasteiger partial charge is 0.191 e. The molecule has 6 nitrogen and oxygen atoms in total. The molecule has 2 fully saturated rings. The lowest BCUT2D eigenvalue weighted by Gasteiger charge is -2.17. The van der Waals surface area contributed by atoms with Crippen molar-refractivity contribution in [2.45, 2.75) is 39.2 Å². The van der Waals surface area contributed by atoms with Crippen molar-refractivity contribution < 1.29 is 14.2 Å². The largest absolute Gasteiger partial charge is 0.493 e. The number of rotatable bonds is 11. The molecule has 0 bridgehead atoms. The number of nitrogens with one attached hydrogen (secondary N) is 2. The number of guanidine groups is 1. The van der Waals surface area contributed by atoms with Gasteiger partial charge in [0.2, 0.25) is 0 Å². The Morgan fingerprint density at radius 1 is 1.18 bits per heavy atom. The third-order valence-corrected chi connectivity index (χ3v) is 5.20. The Kier molecular flexibility index (Phi) is 8.42. The van der Waals surface area contributed by atoms with E-state index < -0.39 is 0 Å². The van der Waals surface area contributed by atoms with Crippen molar-refractivity contribution in [3.8, 4) is 5.75 Å². The van der Waals surface area contributed by atoms with Gasteiger partial charge in [-0.25, -0.2) is 0 Å². The average Bonchev–Trinajstić information content (AvgIpc) is 3.38. The predicted octanol–water partition coefficient (Wildman–Crippen LogP) is 2.89. The highest BCUT2D eigenvalue weighted by molar-refractivity contribution is 5.79. The summed E-state index contributed by atoms with van der Waals surface area (Å²) in [5.41, 5.74) is 2.34. The van der Waals surface area contributed by atoms with Gasteiger partial charge in [-0.2, -0.15) is 0 Å². The van der Waals surface area contributed by atoms with E-state index in [2.05, 4.69) is 40.7 Å². The Morgan fingerprint density at radius 2 is 2.07 bits per heavy atom. The molecule has 1 aliphatic carbocycles. The Bertz CT molecular complexity index is 625. The molecule has 1 saturated carbocycles. The minimum absolute atomic E-state index is 0.498. The first kappa shape index (κ1) is 20.9. The van der Waals surface area contributed by atoms with E-state index in [1.165, 1.54) is 18.4 Å². The van der Waals surface area contributed by atoms with E-state index in [0.717, 1.165) is 69.0 Å². The highest BCUT2D eigenvalue weighted by Gasteiger charge is 2.20. The number of benzene rings is 1. The van der Waals surface area contributed by atoms with Crippen LogP contribution in [0.15, 0.2) is 23.2 Å². The van der Waals surface area contributed by atoms with Crippen molar-refractivity contribution >= 4 is 5.96 Å². The molecule has 3 rings (SSSR count). The monoisotopic (exact) mass is 389 g/mol. The van der Waals surface area contributed by atoms with Gasteiger partial charge in [0.25, 0.3) is 0 Å². The van der Waals surface area contributed by atoms with Gasteiger partial charge >= 0.3 is 0 Å². The molecular formula is C22H35N3O3. The summed E-state index contributed by atoms with van der Waals surface area (Å²) in [6.45, 7) is 7.72. The van der Waals surface area contributed by atoms with Crippen LogP contribution in [0.3, 0.4) is 0 Å². The fourth-order valence-corrected chi connectivity index (χ4v) is 3.18. The van der Waals surface area contributed by atoms with E-state index >= 15 is 0 Å². The van der Waals surface area contributed by atoms with Crippen LogP contribution in [0, 0.1) is 18.8 Å². The standard InChI is InChI=1S/C22H35N3O3/c1-17-4-7-20(21(12-17)28-16-19-8-11-27-15-19)13-25-22(23-2)24-9-3-10-26-14-18-5-6-18/h4,7,12,18-19H,3,5-6,8-11,13-16H2,1-2H3,(H2,23,24,25). The Labute approximate surface area is 169 Å². The normalized spacial score (nSPS) is 19.6. The van der Waals surface area contributed by atoms with Crippen LogP contribution < -0.4 is 15.4 Å². The van der Waals surface area contributed by atoms with Gasteiger partial charge < -0.3 is 24.8 Å². The molecular weight excluding hydrogens is 354 g/mol. The third-order valence-electron chi connectivity index (χ3n) is 5.20. The number of nitrogens with zero attached hydrogens (tertiary/aromatic N) is 1. The Balaban J connectivity index is 1.39. The molecule has 0 spiro atoms. The van der Waals surface area contributed by atoms with Gasteiger partial charge in [0.1, 0.15) is 5.75 Å². The SMILES string of the molecule is CN=C(NCCCOCC1CC1)NCc1ccc(C)cc1OCC1CCOC1. The molecule has 1 saturated heterocycles. The zero-order valence-corrected chi connectivity index (χ0v) is 17.3. The van der Waals surface area contributed by atoms with Crippen molar-refractivity contribution in [2.75, 3.05) is 46.6 Å². The molecule has 2 aliphatic rings. The minimum atomic E-state index is 0.498. The second-order valence-electron chi connectivity index (χ2n) is 7.88. The summed E-state index contributed by atoms with van der Waals surface area (Å²) in [6, 6.07) is 6.36. The van der Waals surface area contributed by atoms with E-state index in [1.807, 2.05) is 0 Å². The quantitative estimate of drug-likeness (QED) is 0.346. The molecule has 6 heteroatoms. The summed E-state index contributed by atoms with van der Waals surface area (Å²) in [4.78, 5) is 4.31. The van der Waals surface area contributed by atoms with E-state index in [-0.39, 0.29) is 0 Å². The summed E-state index contributed by atoms with van der Waals surface area (Å²) >= 11 is 0. The topological polar surface area (TPSA) is 64.1 Å². The molecule has 1 atom stereocenters. The molecule has 2 N–H and O–H groups in total. The third kappa shape index (κ3) is 7.32. The molecule has 0 aromatic heterocycles. The van der Waals surface area contributed by atoms with Crippen LogP contribution in [-0.4, -0.2) is 52.6 Å². The number of hydrogen-bond acceptors (Lipinski definition) is 4. The molecule has 1 aromatic carbocycles. The number of aliphatic imine (C=N–C) groups is 1. The number of ether oxygens (including phenoxy) is 3. The maximum absolute atomic E-state index is 6.12. The molecule has 1 aliphatic heterocycles. The van der Waals surface area contributed by atoms with Gasteiger partial charge in [-0.05, 0) is 50.2 Å². The lowest BCUT2D eigenvalue weighted by atomic mass is 10.1. The van der Waals surface area contributed by atoms with Crippen molar-refractivity contribution in [2.24, 2.45) is 16.8 Å². The zero-order valence-electron chi connectivity index (χ0n) is 17.3. The molecule has 156 valence electrons. The summed E-state index contributed by atoms with van der Waals surface area (Å²) in [6.07, 6.45) is 4.75. The van der Waals surface area contributed by atoms with Crippen LogP contribution >= 0.6 is 0 Å². The van der Waals surface area contributed by atoms with E-state index in [1.54, 1.807) is 7.05 Å². The lowest BCUT2D eigenvalue weighted by Crippen LogP contribution is -2.37. The summed E-state index contributed by atoms with van der Waals surface area (Å²) < 4.78 is 17.2. The van der Waals surface area contributed by atoms with Crippen LogP contribution in [0.25, 0.3) is 0 Å². The van der Waals surface area contributed by atoms with E-state index in [9.17, 15) is 0 Å². The summed E-state index contributed by atoms with van der Waals surface area (Å²) in [5.74, 6) is 3.08. The van der Waals surface area contributed by atoms with Crippen molar-refractivity contribution in [3.05, 3.63) is 29.3 Å². The van der Waals surface area contributed by atoms with Gasteiger partial charge in [0, 0.05) is 51.4 Å². The Morgan fingerprint density at radius 3 is 2.82 bits per heavy atom. The predicted molar refractivity (Wildman–Crippen MR) is 112 cm³/mol. The first-order chi connectivity index (χ1) is 13.7. The van der Waals surface area contributed by atoms with Gasteiger partial charge in [0.05, 0.1) is 13.2 Å². The van der Waals surface area contributed by atoms with Crippen LogP contribution in [0.5, 0.6) is 5.75 Å². The minimum Gasteiger partial charge on any atom is -0.493 e. The molecule has 0 radical (unpaired) electrons. The van der Waals surface area contributed by atoms with E-state index in [0.29, 0.717) is 19.1 Å². The molecule has 28 heavy (non-hydrogen) atoms. The number of hydrogen-bond donors (Lipinski definition) is 2. The maximum Gasteiger partial charge on any atom is 0.191 e. The molecule has 1 unspecified atom stereocenters. The molecule has 0 amide bonds. The van der Waals surface area contributed by atoms with Crippen molar-refractivity contribution in [1.82, 2.24) is 10.6 Å². The second-order valence-corrected chi connectivity index (χ2v) is 7.88. The van der Waals surface area contributed by atoms with Crippen LogP contribution in [0.1, 0.15) is 36.8 Å². The fraction of sp³-hybridized carbons (Fsp3) is 0.682. The average molecular weight is 390 g/mol.